The molecule has 0 aromatic heterocycles. The molecule has 0 bridgehead atoms. The van der Waals surface area contributed by atoms with Crippen LogP contribution in [0.2, 0.25) is 0 Å². The van der Waals surface area contributed by atoms with Crippen LogP contribution in [-0.4, -0.2) is 73.4 Å². The van der Waals surface area contributed by atoms with Gasteiger partial charge in [0.15, 0.2) is 0 Å². The van der Waals surface area contributed by atoms with Gasteiger partial charge in [-0.1, -0.05) is 314 Å². The minimum Gasteiger partial charge on any atom is -0.387 e. The molecule has 1 amide bonds. The van der Waals surface area contributed by atoms with Crippen LogP contribution in [0.25, 0.3) is 0 Å². The fourth-order valence-electron chi connectivity index (χ4n) is 9.77. The predicted molar refractivity (Wildman–Crippen MR) is 382 cm³/mol. The fraction of sp³-hybridized carbons (Fsp3) is 0.679. The van der Waals surface area contributed by atoms with Crippen molar-refractivity contribution >= 4 is 13.7 Å². The van der Waals surface area contributed by atoms with Crippen molar-refractivity contribution in [1.82, 2.24) is 5.32 Å². The monoisotopic (exact) mass is 1230 g/mol. The maximum atomic E-state index is 13.1. The summed E-state index contributed by atoms with van der Waals surface area (Å²) in [5, 5.41) is 14.0. The molecule has 3 N–H and O–H groups in total. The van der Waals surface area contributed by atoms with E-state index in [2.05, 4.69) is 153 Å². The number of nitrogens with zero attached hydrogens (tertiary/aromatic N) is 1. The number of hydrogen-bond donors (Lipinski definition) is 3. The van der Waals surface area contributed by atoms with Crippen molar-refractivity contribution < 1.29 is 32.9 Å². The van der Waals surface area contributed by atoms with E-state index in [0.717, 1.165) is 116 Å². The summed E-state index contributed by atoms with van der Waals surface area (Å²) in [7, 11) is 1.53. The van der Waals surface area contributed by atoms with E-state index in [4.69, 9.17) is 9.05 Å². The Balaban J connectivity index is 4.20. The molecule has 9 heteroatoms. The van der Waals surface area contributed by atoms with Crippen molar-refractivity contribution in [2.75, 3.05) is 40.9 Å². The van der Waals surface area contributed by atoms with Gasteiger partial charge >= 0.3 is 7.82 Å². The van der Waals surface area contributed by atoms with Crippen molar-refractivity contribution in [2.45, 2.75) is 302 Å². The second-order valence-corrected chi connectivity index (χ2v) is 26.3. The third-order valence-electron chi connectivity index (χ3n) is 15.3. The van der Waals surface area contributed by atoms with E-state index in [1.165, 1.54) is 154 Å². The SMILES string of the molecule is CC/C=C\C/C=C\C/C=C\C/C=C\C/C=C\C/C=C\C/C=C\C/C=C\C/C=C\CCCCCCCCCCCC(=O)NC(COP(=O)(O)OCC[N+](C)(C)C)C(O)/C=C/CC/C=C/CC/C=C/CCCCCCCCCCCCCCCCCCCC. The largest absolute Gasteiger partial charge is 0.472 e. The Bertz CT molecular complexity index is 1930. The lowest BCUT2D eigenvalue weighted by Crippen LogP contribution is -2.45. The second-order valence-electron chi connectivity index (χ2n) is 24.9. The van der Waals surface area contributed by atoms with Crippen LogP contribution in [0.1, 0.15) is 290 Å². The summed E-state index contributed by atoms with van der Waals surface area (Å²) < 4.78 is 23.8. The van der Waals surface area contributed by atoms with E-state index >= 15 is 0 Å². The highest BCUT2D eigenvalue weighted by Gasteiger charge is 2.28. The summed E-state index contributed by atoms with van der Waals surface area (Å²) in [5.74, 6) is -0.201. The number of rotatable bonds is 64. The Labute approximate surface area is 538 Å². The van der Waals surface area contributed by atoms with Gasteiger partial charge in [-0.25, -0.2) is 4.57 Å². The minimum atomic E-state index is -4.38. The molecule has 0 heterocycles. The Morgan fingerprint density at radius 2 is 0.701 bits per heavy atom. The number of carbonyl (C=O) groups excluding carboxylic acids is 1. The highest BCUT2D eigenvalue weighted by atomic mass is 31.2. The normalized spacial score (nSPS) is 14.5. The summed E-state index contributed by atoms with van der Waals surface area (Å²) in [6, 6.07) is -0.886. The molecule has 0 spiro atoms. The van der Waals surface area contributed by atoms with E-state index in [9.17, 15) is 19.4 Å². The van der Waals surface area contributed by atoms with E-state index in [-0.39, 0.29) is 19.1 Å². The van der Waals surface area contributed by atoms with E-state index in [1.54, 1.807) is 6.08 Å². The third-order valence-corrected chi connectivity index (χ3v) is 16.3. The summed E-state index contributed by atoms with van der Waals surface area (Å²) in [6.07, 6.45) is 103. The van der Waals surface area contributed by atoms with Gasteiger partial charge in [-0.15, -0.1) is 0 Å². The highest BCUT2D eigenvalue weighted by Crippen LogP contribution is 2.43. The molecule has 498 valence electrons. The lowest BCUT2D eigenvalue weighted by Gasteiger charge is -2.25. The van der Waals surface area contributed by atoms with Gasteiger partial charge in [0, 0.05) is 6.42 Å². The zero-order valence-electron chi connectivity index (χ0n) is 57.0. The molecule has 0 saturated carbocycles. The second kappa shape index (κ2) is 66.8. The molecule has 87 heavy (non-hydrogen) atoms. The van der Waals surface area contributed by atoms with Crippen LogP contribution in [0.5, 0.6) is 0 Å². The first-order valence-corrected chi connectivity index (χ1v) is 37.2. The minimum absolute atomic E-state index is 0.0452. The molecule has 0 rings (SSSR count). The van der Waals surface area contributed by atoms with Crippen molar-refractivity contribution in [3.05, 3.63) is 146 Å². The molecule has 0 aliphatic heterocycles. The lowest BCUT2D eigenvalue weighted by molar-refractivity contribution is -0.870. The van der Waals surface area contributed by atoms with Gasteiger partial charge in [-0.3, -0.25) is 13.8 Å². The summed E-state index contributed by atoms with van der Waals surface area (Å²) in [4.78, 5) is 23.4. The maximum absolute atomic E-state index is 13.1. The molecule has 0 saturated heterocycles. The first kappa shape index (κ1) is 83.4. The first-order chi connectivity index (χ1) is 42.5. The average Bonchev–Trinajstić information content (AvgIpc) is 3.70. The first-order valence-electron chi connectivity index (χ1n) is 35.7. The van der Waals surface area contributed by atoms with Gasteiger partial charge in [-0.2, -0.15) is 0 Å². The molecular weight excluding hydrogens is 1090 g/mol. The van der Waals surface area contributed by atoms with Gasteiger partial charge in [0.25, 0.3) is 0 Å². The number of likely N-dealkylation sites (N-methyl/N-ethyl adjacent to an activating group) is 1. The number of unbranched alkanes of at least 4 members (excludes halogenated alkanes) is 29. The smallest absolute Gasteiger partial charge is 0.387 e. The van der Waals surface area contributed by atoms with Crippen LogP contribution in [0.3, 0.4) is 0 Å². The van der Waals surface area contributed by atoms with E-state index in [0.29, 0.717) is 17.4 Å². The summed E-state index contributed by atoms with van der Waals surface area (Å²) in [6.45, 7) is 4.68. The maximum Gasteiger partial charge on any atom is 0.472 e. The number of phosphoric acid groups is 1. The van der Waals surface area contributed by atoms with Crippen LogP contribution in [0.4, 0.5) is 0 Å². The zero-order valence-corrected chi connectivity index (χ0v) is 57.9. The summed E-state index contributed by atoms with van der Waals surface area (Å²) >= 11 is 0. The van der Waals surface area contributed by atoms with Crippen LogP contribution in [0.15, 0.2) is 146 Å². The fourth-order valence-corrected chi connectivity index (χ4v) is 10.5. The van der Waals surface area contributed by atoms with Gasteiger partial charge in [0.1, 0.15) is 13.2 Å². The molecule has 0 fully saturated rings. The molecule has 0 aromatic rings. The van der Waals surface area contributed by atoms with Gasteiger partial charge in [0.2, 0.25) is 5.91 Å². The van der Waals surface area contributed by atoms with Crippen LogP contribution < -0.4 is 5.32 Å². The Hall–Kier alpha value is -3.62. The van der Waals surface area contributed by atoms with Crippen LogP contribution >= 0.6 is 7.82 Å². The number of phosphoric ester groups is 1. The molecule has 3 unspecified atom stereocenters. The number of carbonyl (C=O) groups is 1. The number of hydrogen-bond acceptors (Lipinski definition) is 5. The zero-order chi connectivity index (χ0) is 63.4. The number of nitrogens with one attached hydrogen (secondary N) is 1. The summed E-state index contributed by atoms with van der Waals surface area (Å²) in [5.41, 5.74) is 0. The molecule has 8 nitrogen and oxygen atoms in total. The molecule has 0 aliphatic carbocycles. The number of aliphatic hydroxyl groups excluding tert-OH is 1. The van der Waals surface area contributed by atoms with Crippen molar-refractivity contribution in [3.8, 4) is 0 Å². The van der Waals surface area contributed by atoms with Crippen molar-refractivity contribution in [2.24, 2.45) is 0 Å². The molecule has 3 atom stereocenters. The standard InChI is InChI=1S/C78H135N2O6P/c1-6-8-10-12-14-16-18-20-22-24-26-28-30-32-34-36-37-38-39-40-41-42-43-44-46-48-50-52-54-56-58-60-62-64-66-68-70-72-78(82)79-76(75-86-87(83,84)85-74-73-80(3,4)5)77(81)71-69-67-65-63-61-59-57-55-53-51-49-47-45-35-33-31-29-27-25-23-21-19-17-15-13-11-9-7-2/h8,10,14,16,20,22,26,28,32,34,37-38,40-41,43-44,48,50,53,55,61,63,69,71,76-77,81H,6-7,9,11-13,15,17-19,21,23-25,27,29-31,33,35-36,39,42,45-47,49,51-52,54,56-60,62,64-68,70,72-75H2,1-5H3,(H-,79,82,83,84)/p+1/b10-8-,16-14-,22-20-,28-26-,34-32-,38-37-,41-40-,44-43-,50-48-,55-53+,63-61+,71-69+. The topological polar surface area (TPSA) is 105 Å². The van der Waals surface area contributed by atoms with Crippen LogP contribution in [0, 0.1) is 0 Å². The number of aliphatic hydroxyl groups is 1. The van der Waals surface area contributed by atoms with Crippen molar-refractivity contribution in [3.63, 3.8) is 0 Å². The Morgan fingerprint density at radius 3 is 1.06 bits per heavy atom. The highest BCUT2D eigenvalue weighted by molar-refractivity contribution is 7.47. The van der Waals surface area contributed by atoms with Gasteiger partial charge in [-0.05, 0) is 116 Å². The molecule has 0 aliphatic rings. The number of quaternary nitrogens is 1. The number of amides is 1. The van der Waals surface area contributed by atoms with Crippen LogP contribution in [-0.2, 0) is 18.4 Å². The van der Waals surface area contributed by atoms with E-state index < -0.39 is 20.0 Å². The van der Waals surface area contributed by atoms with E-state index in [1.807, 2.05) is 27.2 Å². The quantitative estimate of drug-likeness (QED) is 0.0243. The average molecular weight is 1230 g/mol. The third kappa shape index (κ3) is 69.7. The molecular formula is C78H136N2O6P+. The van der Waals surface area contributed by atoms with Gasteiger partial charge < -0.3 is 19.8 Å². The van der Waals surface area contributed by atoms with Crippen molar-refractivity contribution in [1.29, 1.82) is 0 Å². The molecule has 0 aromatic carbocycles. The molecule has 0 radical (unpaired) electrons. The Morgan fingerprint density at radius 1 is 0.402 bits per heavy atom. The Kier molecular flexibility index (Phi) is 64.0. The van der Waals surface area contributed by atoms with Gasteiger partial charge in [0.05, 0.1) is 39.9 Å². The lowest BCUT2D eigenvalue weighted by atomic mass is 10.0. The number of allylic oxidation sites excluding steroid dienone is 23. The predicted octanol–water partition coefficient (Wildman–Crippen LogP) is 23.2.